The second-order valence-corrected chi connectivity index (χ2v) is 16.1. The van der Waals surface area contributed by atoms with Crippen molar-refractivity contribution in [2.75, 3.05) is 4.90 Å². The molecule has 0 bridgehead atoms. The van der Waals surface area contributed by atoms with Gasteiger partial charge in [-0.05, 0) is 111 Å². The molecule has 0 amide bonds. The van der Waals surface area contributed by atoms with Crippen LogP contribution in [0.2, 0.25) is 0 Å². The normalized spacial score (nSPS) is 11.5. The molecular weight excluding hydrogens is 767 g/mol. The minimum Gasteiger partial charge on any atom is -0.456 e. The molecule has 12 rings (SSSR count). The van der Waals surface area contributed by atoms with Crippen molar-refractivity contribution in [2.45, 2.75) is 0 Å². The van der Waals surface area contributed by atoms with Crippen LogP contribution in [0.15, 0.2) is 245 Å². The summed E-state index contributed by atoms with van der Waals surface area (Å²) >= 11 is 0. The highest BCUT2D eigenvalue weighted by Crippen LogP contribution is 2.46. The van der Waals surface area contributed by atoms with Crippen molar-refractivity contribution in [1.82, 2.24) is 0 Å². The highest BCUT2D eigenvalue weighted by molar-refractivity contribution is 6.23. The van der Waals surface area contributed by atoms with Gasteiger partial charge in [-0.15, -0.1) is 0 Å². The van der Waals surface area contributed by atoms with E-state index in [9.17, 15) is 0 Å². The van der Waals surface area contributed by atoms with Gasteiger partial charge in [0.15, 0.2) is 0 Å². The van der Waals surface area contributed by atoms with E-state index < -0.39 is 0 Å². The van der Waals surface area contributed by atoms with E-state index in [1.807, 2.05) is 12.1 Å². The average Bonchev–Trinajstić information content (AvgIpc) is 3.92. The zero-order valence-corrected chi connectivity index (χ0v) is 34.3. The van der Waals surface area contributed by atoms with Gasteiger partial charge < -0.3 is 13.7 Å². The Morgan fingerprint density at radius 1 is 0.254 bits per heavy atom. The third-order valence-electron chi connectivity index (χ3n) is 12.3. The summed E-state index contributed by atoms with van der Waals surface area (Å²) in [5.41, 5.74) is 18.1. The van der Waals surface area contributed by atoms with Gasteiger partial charge in [-0.25, -0.2) is 0 Å². The van der Waals surface area contributed by atoms with Crippen LogP contribution in [0.25, 0.3) is 99.5 Å². The fraction of sp³-hybridized carbons (Fsp3) is 0. The number of benzene rings is 10. The van der Waals surface area contributed by atoms with E-state index in [2.05, 4.69) is 229 Å². The lowest BCUT2D eigenvalue weighted by molar-refractivity contribution is 0.664. The number of para-hydroxylation sites is 1. The smallest absolute Gasteiger partial charge is 0.144 e. The Morgan fingerprint density at radius 3 is 1.19 bits per heavy atom. The van der Waals surface area contributed by atoms with Crippen LogP contribution in [0.1, 0.15) is 0 Å². The monoisotopic (exact) mass is 805 g/mol. The van der Waals surface area contributed by atoms with Crippen LogP contribution in [0.4, 0.5) is 17.1 Å². The number of fused-ring (bicyclic) bond motifs is 6. The van der Waals surface area contributed by atoms with Gasteiger partial charge in [-0.1, -0.05) is 176 Å². The fourth-order valence-electron chi connectivity index (χ4n) is 9.15. The van der Waals surface area contributed by atoms with Gasteiger partial charge in [0.25, 0.3) is 0 Å². The topological polar surface area (TPSA) is 29.5 Å². The van der Waals surface area contributed by atoms with Gasteiger partial charge in [0.05, 0.1) is 0 Å². The second kappa shape index (κ2) is 15.3. The highest BCUT2D eigenvalue weighted by Gasteiger charge is 2.22. The van der Waals surface area contributed by atoms with Crippen LogP contribution in [-0.4, -0.2) is 0 Å². The number of furan rings is 2. The van der Waals surface area contributed by atoms with Gasteiger partial charge in [-0.3, -0.25) is 0 Å². The van der Waals surface area contributed by atoms with E-state index in [0.717, 1.165) is 83.2 Å². The molecule has 0 atom stereocenters. The summed E-state index contributed by atoms with van der Waals surface area (Å²) in [5.74, 6) is 0. The first-order chi connectivity index (χ1) is 31.2. The summed E-state index contributed by atoms with van der Waals surface area (Å²) in [5, 5.41) is 4.23. The Hall–Kier alpha value is -8.40. The van der Waals surface area contributed by atoms with Crippen molar-refractivity contribution < 1.29 is 8.83 Å². The van der Waals surface area contributed by atoms with Crippen molar-refractivity contribution in [3.05, 3.63) is 237 Å². The predicted octanol–water partition coefficient (Wildman–Crippen LogP) is 17.3. The fourth-order valence-corrected chi connectivity index (χ4v) is 9.15. The molecule has 0 radical (unpaired) electrons. The third kappa shape index (κ3) is 6.55. The molecule has 3 nitrogen and oxygen atoms in total. The van der Waals surface area contributed by atoms with Crippen LogP contribution in [0, 0.1) is 0 Å². The Balaban J connectivity index is 0.934. The SMILES string of the molecule is c1ccc(-c2ccc(-c3c4oc5cc(-c6ccc(N(c7ccc(-c8ccccc8)cc7)c7ccc(-c8ccccc8)cc7)cc6)ccc5c4cc4oc5ccccc5c34)cc2)cc1. The molecule has 12 aromatic rings. The summed E-state index contributed by atoms with van der Waals surface area (Å²) in [6.07, 6.45) is 0. The van der Waals surface area contributed by atoms with E-state index in [4.69, 9.17) is 8.83 Å². The average molecular weight is 806 g/mol. The summed E-state index contributed by atoms with van der Waals surface area (Å²) in [4.78, 5) is 2.32. The number of anilines is 3. The summed E-state index contributed by atoms with van der Waals surface area (Å²) in [6.45, 7) is 0. The standard InChI is InChI=1S/C60H39NO2/c1-4-12-40(13-5-1)43-20-22-47(23-21-43)58-59-53-18-10-11-19-55(53)62-57(59)39-54-52-37-30-48(38-56(52)63-60(54)58)46-28-35-51(36-29-46)61(49-31-24-44(25-32-49)41-14-6-2-7-15-41)50-33-26-45(27-34-50)42-16-8-3-9-17-42/h1-39H. The van der Waals surface area contributed by atoms with Crippen molar-refractivity contribution in [2.24, 2.45) is 0 Å². The van der Waals surface area contributed by atoms with E-state index in [1.54, 1.807) is 0 Å². The molecule has 0 aliphatic heterocycles. The Labute approximate surface area is 365 Å². The highest BCUT2D eigenvalue weighted by atomic mass is 16.3. The Kier molecular flexibility index (Phi) is 8.83. The largest absolute Gasteiger partial charge is 0.456 e. The maximum absolute atomic E-state index is 6.95. The second-order valence-electron chi connectivity index (χ2n) is 16.1. The molecular formula is C60H39NO2. The summed E-state index contributed by atoms with van der Waals surface area (Å²) in [6, 6.07) is 83.9. The number of nitrogens with zero attached hydrogens (tertiary/aromatic N) is 1. The van der Waals surface area contributed by atoms with Crippen LogP contribution in [-0.2, 0) is 0 Å². The molecule has 2 aromatic heterocycles. The third-order valence-corrected chi connectivity index (χ3v) is 12.3. The van der Waals surface area contributed by atoms with Crippen molar-refractivity contribution >= 4 is 60.9 Å². The van der Waals surface area contributed by atoms with E-state index >= 15 is 0 Å². The predicted molar refractivity (Wildman–Crippen MR) is 263 cm³/mol. The molecule has 296 valence electrons. The van der Waals surface area contributed by atoms with Crippen molar-refractivity contribution in [3.63, 3.8) is 0 Å². The van der Waals surface area contributed by atoms with E-state index in [0.29, 0.717) is 0 Å². The molecule has 3 heteroatoms. The molecule has 0 saturated carbocycles. The van der Waals surface area contributed by atoms with Gasteiger partial charge >= 0.3 is 0 Å². The Morgan fingerprint density at radius 2 is 0.667 bits per heavy atom. The minimum atomic E-state index is 0.837. The summed E-state index contributed by atoms with van der Waals surface area (Å²) in [7, 11) is 0. The van der Waals surface area contributed by atoms with Crippen LogP contribution in [0.3, 0.4) is 0 Å². The molecule has 0 fully saturated rings. The molecule has 0 saturated heterocycles. The number of hydrogen-bond acceptors (Lipinski definition) is 3. The zero-order valence-electron chi connectivity index (χ0n) is 34.3. The van der Waals surface area contributed by atoms with Gasteiger partial charge in [-0.2, -0.15) is 0 Å². The van der Waals surface area contributed by atoms with Crippen LogP contribution < -0.4 is 4.90 Å². The van der Waals surface area contributed by atoms with Gasteiger partial charge in [0, 0.05) is 44.2 Å². The quantitative estimate of drug-likeness (QED) is 0.153. The van der Waals surface area contributed by atoms with Crippen LogP contribution >= 0.6 is 0 Å². The minimum absolute atomic E-state index is 0.837. The lowest BCUT2D eigenvalue weighted by atomic mass is 9.94. The maximum Gasteiger partial charge on any atom is 0.144 e. The zero-order chi connectivity index (χ0) is 41.7. The van der Waals surface area contributed by atoms with Crippen LogP contribution in [0.5, 0.6) is 0 Å². The van der Waals surface area contributed by atoms with Crippen molar-refractivity contribution in [3.8, 4) is 55.6 Å². The first-order valence-corrected chi connectivity index (χ1v) is 21.4. The first kappa shape index (κ1) is 36.5. The number of hydrogen-bond donors (Lipinski definition) is 0. The first-order valence-electron chi connectivity index (χ1n) is 21.4. The van der Waals surface area contributed by atoms with Gasteiger partial charge in [0.1, 0.15) is 22.3 Å². The molecule has 0 aliphatic rings. The van der Waals surface area contributed by atoms with Crippen molar-refractivity contribution in [1.29, 1.82) is 0 Å². The molecule has 0 aliphatic carbocycles. The molecule has 10 aromatic carbocycles. The summed E-state index contributed by atoms with van der Waals surface area (Å²) < 4.78 is 13.5. The molecule has 63 heavy (non-hydrogen) atoms. The Bertz CT molecular complexity index is 3470. The number of rotatable bonds is 8. The molecule has 2 heterocycles. The van der Waals surface area contributed by atoms with E-state index in [1.165, 1.54) is 33.4 Å². The van der Waals surface area contributed by atoms with Gasteiger partial charge in [0.2, 0.25) is 0 Å². The lowest BCUT2D eigenvalue weighted by Gasteiger charge is -2.26. The maximum atomic E-state index is 6.95. The lowest BCUT2D eigenvalue weighted by Crippen LogP contribution is -2.09. The molecule has 0 N–H and O–H groups in total. The molecule has 0 spiro atoms. The van der Waals surface area contributed by atoms with E-state index in [-0.39, 0.29) is 0 Å². The molecule has 0 unspecified atom stereocenters.